The number of nitrogens with zero attached hydrogens (tertiary/aromatic N) is 3. The zero-order chi connectivity index (χ0) is 13.4. The Kier molecular flexibility index (Phi) is 3.03. The van der Waals surface area contributed by atoms with Crippen LogP contribution in [0.1, 0.15) is 29.2 Å². The molecule has 1 aromatic heterocycles. The molecule has 1 aromatic carbocycles. The number of aromatic nitrogens is 2. The van der Waals surface area contributed by atoms with Gasteiger partial charge in [-0.1, -0.05) is 12.1 Å². The van der Waals surface area contributed by atoms with Gasteiger partial charge in [0.15, 0.2) is 0 Å². The molecule has 0 spiro atoms. The molecule has 1 aliphatic rings. The van der Waals surface area contributed by atoms with Crippen LogP contribution in [0.25, 0.3) is 0 Å². The smallest absolute Gasteiger partial charge is 0.107 e. The molecule has 1 atom stereocenters. The zero-order valence-corrected chi connectivity index (χ0v) is 11.4. The van der Waals surface area contributed by atoms with Crippen molar-refractivity contribution in [2.75, 3.05) is 18.5 Å². The highest BCUT2D eigenvalue weighted by Gasteiger charge is 2.17. The summed E-state index contributed by atoms with van der Waals surface area (Å²) in [5.74, 6) is 0. The summed E-state index contributed by atoms with van der Waals surface area (Å²) in [7, 11) is 3.98. The highest BCUT2D eigenvalue weighted by Crippen LogP contribution is 2.30. The topological polar surface area (TPSA) is 41.3 Å². The summed E-state index contributed by atoms with van der Waals surface area (Å²) in [5, 5.41) is 14.5. The van der Waals surface area contributed by atoms with Gasteiger partial charge in [-0.2, -0.15) is 5.10 Å². The van der Waals surface area contributed by atoms with Gasteiger partial charge in [-0.25, -0.2) is 0 Å². The first-order chi connectivity index (χ1) is 9.15. The summed E-state index contributed by atoms with van der Waals surface area (Å²) in [6.07, 6.45) is 5.25. The van der Waals surface area contributed by atoms with Gasteiger partial charge in [-0.3, -0.25) is 4.68 Å². The van der Waals surface area contributed by atoms with E-state index in [1.807, 2.05) is 19.3 Å². The monoisotopic (exact) mass is 257 g/mol. The maximum atomic E-state index is 10.4. The molecule has 0 saturated carbocycles. The van der Waals surface area contributed by atoms with E-state index < -0.39 is 6.10 Å². The second kappa shape index (κ2) is 4.70. The first-order valence-electron chi connectivity index (χ1n) is 6.66. The Labute approximate surface area is 113 Å². The van der Waals surface area contributed by atoms with Crippen LogP contribution in [0.3, 0.4) is 0 Å². The summed E-state index contributed by atoms with van der Waals surface area (Å²) < 4.78 is 1.71. The van der Waals surface area contributed by atoms with Crippen molar-refractivity contribution in [1.29, 1.82) is 0 Å². The maximum absolute atomic E-state index is 10.4. The lowest BCUT2D eigenvalue weighted by Gasteiger charge is -2.28. The SMILES string of the molecule is CN1CCCc2cc(C(O)c3cnn(C)c3)ccc21. The molecule has 1 N–H and O–H groups in total. The fourth-order valence-electron chi connectivity index (χ4n) is 2.75. The van der Waals surface area contributed by atoms with Crippen LogP contribution in [0.2, 0.25) is 0 Å². The van der Waals surface area contributed by atoms with Crippen LogP contribution in [0.15, 0.2) is 30.6 Å². The number of hydrogen-bond donors (Lipinski definition) is 1. The summed E-state index contributed by atoms with van der Waals surface area (Å²) in [6.45, 7) is 1.11. The number of aliphatic hydroxyl groups excluding tert-OH is 1. The van der Waals surface area contributed by atoms with E-state index >= 15 is 0 Å². The van der Waals surface area contributed by atoms with Crippen molar-refractivity contribution in [3.8, 4) is 0 Å². The number of fused-ring (bicyclic) bond motifs is 1. The lowest BCUT2D eigenvalue weighted by molar-refractivity contribution is 0.220. The van der Waals surface area contributed by atoms with E-state index in [1.54, 1.807) is 10.9 Å². The second-order valence-electron chi connectivity index (χ2n) is 5.26. The summed E-state index contributed by atoms with van der Waals surface area (Å²) in [6, 6.07) is 6.25. The van der Waals surface area contributed by atoms with Gasteiger partial charge < -0.3 is 10.0 Å². The average molecular weight is 257 g/mol. The van der Waals surface area contributed by atoms with Crippen molar-refractivity contribution in [1.82, 2.24) is 9.78 Å². The fourth-order valence-corrected chi connectivity index (χ4v) is 2.75. The third-order valence-electron chi connectivity index (χ3n) is 3.81. The molecular weight excluding hydrogens is 238 g/mol. The van der Waals surface area contributed by atoms with Gasteiger partial charge in [0.25, 0.3) is 0 Å². The van der Waals surface area contributed by atoms with E-state index in [0.29, 0.717) is 0 Å². The van der Waals surface area contributed by atoms with Crippen molar-refractivity contribution in [3.05, 3.63) is 47.3 Å². The van der Waals surface area contributed by atoms with Gasteiger partial charge in [-0.15, -0.1) is 0 Å². The van der Waals surface area contributed by atoms with Crippen LogP contribution >= 0.6 is 0 Å². The van der Waals surface area contributed by atoms with Crippen molar-refractivity contribution in [2.24, 2.45) is 7.05 Å². The quantitative estimate of drug-likeness (QED) is 0.893. The normalized spacial score (nSPS) is 16.3. The largest absolute Gasteiger partial charge is 0.384 e. The molecule has 100 valence electrons. The van der Waals surface area contributed by atoms with E-state index in [0.717, 1.165) is 24.1 Å². The third-order valence-corrected chi connectivity index (χ3v) is 3.81. The van der Waals surface area contributed by atoms with Crippen LogP contribution in [0, 0.1) is 0 Å². The van der Waals surface area contributed by atoms with Crippen molar-refractivity contribution < 1.29 is 5.11 Å². The van der Waals surface area contributed by atoms with E-state index in [-0.39, 0.29) is 0 Å². The summed E-state index contributed by atoms with van der Waals surface area (Å²) in [5.41, 5.74) is 4.40. The predicted octanol–water partition coefficient (Wildman–Crippen LogP) is 1.88. The molecule has 19 heavy (non-hydrogen) atoms. The Morgan fingerprint density at radius 2 is 2.11 bits per heavy atom. The van der Waals surface area contributed by atoms with Crippen LogP contribution in [0.5, 0.6) is 0 Å². The Morgan fingerprint density at radius 3 is 2.84 bits per heavy atom. The fraction of sp³-hybridized carbons (Fsp3) is 0.400. The second-order valence-corrected chi connectivity index (χ2v) is 5.26. The molecule has 0 aliphatic carbocycles. The molecule has 0 saturated heterocycles. The molecule has 0 radical (unpaired) electrons. The molecule has 0 amide bonds. The lowest BCUT2D eigenvalue weighted by atomic mass is 9.96. The molecule has 1 aliphatic heterocycles. The lowest BCUT2D eigenvalue weighted by Crippen LogP contribution is -2.24. The minimum atomic E-state index is -0.591. The molecular formula is C15H19N3O. The van der Waals surface area contributed by atoms with E-state index in [2.05, 4.69) is 29.2 Å². The minimum Gasteiger partial charge on any atom is -0.384 e. The Morgan fingerprint density at radius 1 is 1.26 bits per heavy atom. The number of rotatable bonds is 2. The van der Waals surface area contributed by atoms with Gasteiger partial charge in [-0.05, 0) is 30.0 Å². The highest BCUT2D eigenvalue weighted by atomic mass is 16.3. The number of aryl methyl sites for hydroxylation is 2. The summed E-state index contributed by atoms with van der Waals surface area (Å²) >= 11 is 0. The van der Waals surface area contributed by atoms with Crippen molar-refractivity contribution in [2.45, 2.75) is 18.9 Å². The Hall–Kier alpha value is -1.81. The standard InChI is InChI=1S/C15H19N3O/c1-17-7-3-4-11-8-12(5-6-14(11)17)15(19)13-9-16-18(2)10-13/h5-6,8-10,15,19H,3-4,7H2,1-2H3. The van der Waals surface area contributed by atoms with Crippen LogP contribution in [-0.4, -0.2) is 28.5 Å². The molecule has 0 fully saturated rings. The number of benzene rings is 1. The Balaban J connectivity index is 1.93. The van der Waals surface area contributed by atoms with Crippen LogP contribution in [0.4, 0.5) is 5.69 Å². The van der Waals surface area contributed by atoms with E-state index in [1.165, 1.54) is 17.7 Å². The van der Waals surface area contributed by atoms with E-state index in [9.17, 15) is 5.11 Å². The maximum Gasteiger partial charge on any atom is 0.107 e. The first kappa shape index (κ1) is 12.2. The molecule has 4 nitrogen and oxygen atoms in total. The average Bonchev–Trinajstić information content (AvgIpc) is 2.84. The molecule has 4 heteroatoms. The van der Waals surface area contributed by atoms with Gasteiger partial charge >= 0.3 is 0 Å². The van der Waals surface area contributed by atoms with Gasteiger partial charge in [0.1, 0.15) is 6.10 Å². The number of hydrogen-bond acceptors (Lipinski definition) is 3. The predicted molar refractivity (Wildman–Crippen MR) is 75.3 cm³/mol. The van der Waals surface area contributed by atoms with Crippen LogP contribution in [-0.2, 0) is 13.5 Å². The molecule has 1 unspecified atom stereocenters. The van der Waals surface area contributed by atoms with E-state index in [4.69, 9.17) is 0 Å². The number of aliphatic hydroxyl groups is 1. The molecule has 3 rings (SSSR count). The molecule has 2 aromatic rings. The third kappa shape index (κ3) is 2.24. The molecule has 2 heterocycles. The molecule has 0 bridgehead atoms. The first-order valence-corrected chi connectivity index (χ1v) is 6.66. The summed E-state index contributed by atoms with van der Waals surface area (Å²) in [4.78, 5) is 2.28. The zero-order valence-electron chi connectivity index (χ0n) is 11.4. The van der Waals surface area contributed by atoms with Gasteiger partial charge in [0.2, 0.25) is 0 Å². The van der Waals surface area contributed by atoms with Crippen molar-refractivity contribution >= 4 is 5.69 Å². The Bertz CT molecular complexity index is 591. The van der Waals surface area contributed by atoms with Gasteiger partial charge in [0, 0.05) is 38.1 Å². The van der Waals surface area contributed by atoms with Crippen LogP contribution < -0.4 is 4.90 Å². The van der Waals surface area contributed by atoms with Gasteiger partial charge in [0.05, 0.1) is 6.20 Å². The minimum absolute atomic E-state index is 0.591. The van der Waals surface area contributed by atoms with Crippen molar-refractivity contribution in [3.63, 3.8) is 0 Å². The highest BCUT2D eigenvalue weighted by molar-refractivity contribution is 5.56. The number of anilines is 1.